The van der Waals surface area contributed by atoms with Crippen LogP contribution in [0.4, 0.5) is 0 Å². The van der Waals surface area contributed by atoms with Gasteiger partial charge in [-0.25, -0.2) is 13.2 Å². The number of carbonyl (C=O) groups is 2. The van der Waals surface area contributed by atoms with Crippen LogP contribution in [0.25, 0.3) is 0 Å². The van der Waals surface area contributed by atoms with Crippen LogP contribution in [0.5, 0.6) is 0 Å². The van der Waals surface area contributed by atoms with Gasteiger partial charge in [-0.3, -0.25) is 4.79 Å². The number of rotatable bonds is 8. The van der Waals surface area contributed by atoms with E-state index in [9.17, 15) is 18.0 Å². The molecule has 0 saturated carbocycles. The third kappa shape index (κ3) is 5.69. The summed E-state index contributed by atoms with van der Waals surface area (Å²) in [5.74, 6) is -1.05. The Hall–Kier alpha value is -2.83. The van der Waals surface area contributed by atoms with Crippen LogP contribution in [0.1, 0.15) is 36.0 Å². The van der Waals surface area contributed by atoms with Crippen molar-refractivity contribution in [3.05, 3.63) is 41.6 Å². The van der Waals surface area contributed by atoms with Crippen molar-refractivity contribution in [1.82, 2.24) is 19.8 Å². The van der Waals surface area contributed by atoms with Gasteiger partial charge in [-0.05, 0) is 24.1 Å². The molecule has 0 radical (unpaired) electrons. The molecule has 0 bridgehead atoms. The quantitative estimate of drug-likeness (QED) is 0.562. The number of ether oxygens (including phenoxy) is 2. The average molecular weight is 467 g/mol. The summed E-state index contributed by atoms with van der Waals surface area (Å²) in [5, 5.41) is 10.0. The number of morpholine rings is 1. The summed E-state index contributed by atoms with van der Waals surface area (Å²) in [5.41, 5.74) is 0.116. The van der Waals surface area contributed by atoms with Gasteiger partial charge in [0.05, 0.1) is 18.1 Å². The SMILES string of the molecule is Cc1nnc(COC(=O)C(NC(=O)c2cccc(S(=O)(=O)N3CCOCC3)c2)C(C)C)o1. The van der Waals surface area contributed by atoms with Crippen LogP contribution in [-0.4, -0.2) is 67.1 Å². The van der Waals surface area contributed by atoms with Crippen molar-refractivity contribution in [1.29, 1.82) is 0 Å². The Morgan fingerprint density at radius 3 is 2.56 bits per heavy atom. The standard InChI is InChI=1S/C20H26N4O7S/c1-13(2)18(20(26)30-12-17-23-22-14(3)31-17)21-19(25)15-5-4-6-16(11-15)32(27,28)24-7-9-29-10-8-24/h4-6,11,13,18H,7-10,12H2,1-3H3,(H,21,25). The molecule has 0 spiro atoms. The van der Waals surface area contributed by atoms with E-state index in [1.165, 1.54) is 28.6 Å². The van der Waals surface area contributed by atoms with Crippen molar-refractivity contribution in [2.24, 2.45) is 5.92 Å². The van der Waals surface area contributed by atoms with E-state index in [0.29, 0.717) is 19.1 Å². The maximum Gasteiger partial charge on any atom is 0.329 e. The number of aryl methyl sites for hydroxylation is 1. The lowest BCUT2D eigenvalue weighted by Crippen LogP contribution is -2.45. The predicted molar refractivity (Wildman–Crippen MR) is 111 cm³/mol. The predicted octanol–water partition coefficient (Wildman–Crippen LogP) is 0.897. The minimum atomic E-state index is -3.76. The molecule has 1 aliphatic heterocycles. The van der Waals surface area contributed by atoms with Gasteiger partial charge in [0.25, 0.3) is 11.8 Å². The van der Waals surface area contributed by atoms with Crippen LogP contribution in [0.2, 0.25) is 0 Å². The molecule has 1 fully saturated rings. The van der Waals surface area contributed by atoms with Crippen LogP contribution in [0, 0.1) is 12.8 Å². The molecule has 1 aromatic carbocycles. The molecular weight excluding hydrogens is 440 g/mol. The van der Waals surface area contributed by atoms with Crippen molar-refractivity contribution in [2.75, 3.05) is 26.3 Å². The van der Waals surface area contributed by atoms with E-state index in [0.717, 1.165) is 0 Å². The van der Waals surface area contributed by atoms with Crippen LogP contribution in [0.3, 0.4) is 0 Å². The van der Waals surface area contributed by atoms with Crippen LogP contribution in [-0.2, 0) is 30.9 Å². The van der Waals surface area contributed by atoms with Crippen molar-refractivity contribution in [2.45, 2.75) is 38.3 Å². The lowest BCUT2D eigenvalue weighted by molar-refractivity contribution is -0.149. The Morgan fingerprint density at radius 2 is 1.94 bits per heavy atom. The van der Waals surface area contributed by atoms with Gasteiger partial charge in [-0.2, -0.15) is 4.31 Å². The number of esters is 1. The van der Waals surface area contributed by atoms with Gasteiger partial charge in [0.15, 0.2) is 6.61 Å². The van der Waals surface area contributed by atoms with Crippen LogP contribution >= 0.6 is 0 Å². The molecule has 1 amide bonds. The van der Waals surface area contributed by atoms with Crippen LogP contribution < -0.4 is 5.32 Å². The first-order valence-corrected chi connectivity index (χ1v) is 11.6. The zero-order valence-corrected chi connectivity index (χ0v) is 18.9. The molecule has 1 unspecified atom stereocenters. The average Bonchev–Trinajstić information content (AvgIpc) is 3.21. The van der Waals surface area contributed by atoms with Gasteiger partial charge in [-0.15, -0.1) is 10.2 Å². The van der Waals surface area contributed by atoms with E-state index in [2.05, 4.69) is 15.5 Å². The van der Waals surface area contributed by atoms with Gasteiger partial charge in [0.2, 0.25) is 15.9 Å². The van der Waals surface area contributed by atoms with Crippen molar-refractivity contribution in [3.63, 3.8) is 0 Å². The fourth-order valence-corrected chi connectivity index (χ4v) is 4.53. The molecule has 0 aliphatic carbocycles. The molecule has 1 N–H and O–H groups in total. The number of nitrogens with one attached hydrogen (secondary N) is 1. The fraction of sp³-hybridized carbons (Fsp3) is 0.500. The molecule has 1 atom stereocenters. The highest BCUT2D eigenvalue weighted by Crippen LogP contribution is 2.19. The highest BCUT2D eigenvalue weighted by Gasteiger charge is 2.29. The van der Waals surface area contributed by atoms with Crippen molar-refractivity contribution >= 4 is 21.9 Å². The smallest absolute Gasteiger partial charge is 0.329 e. The number of hydrogen-bond acceptors (Lipinski definition) is 9. The molecule has 32 heavy (non-hydrogen) atoms. The van der Waals surface area contributed by atoms with Gasteiger partial charge >= 0.3 is 5.97 Å². The van der Waals surface area contributed by atoms with E-state index in [4.69, 9.17) is 13.9 Å². The summed E-state index contributed by atoms with van der Waals surface area (Å²) in [7, 11) is -3.76. The fourth-order valence-electron chi connectivity index (χ4n) is 3.07. The van der Waals surface area contributed by atoms with Gasteiger partial charge < -0.3 is 19.2 Å². The van der Waals surface area contributed by atoms with E-state index < -0.39 is 27.9 Å². The van der Waals surface area contributed by atoms with E-state index in [-0.39, 0.29) is 42.0 Å². The highest BCUT2D eigenvalue weighted by atomic mass is 32.2. The molecule has 2 heterocycles. The molecule has 2 aromatic rings. The third-order valence-electron chi connectivity index (χ3n) is 4.82. The number of carbonyl (C=O) groups excluding carboxylic acids is 2. The Kier molecular flexibility index (Phi) is 7.59. The second-order valence-electron chi connectivity index (χ2n) is 7.56. The number of hydrogen-bond donors (Lipinski definition) is 1. The Balaban J connectivity index is 1.70. The van der Waals surface area contributed by atoms with E-state index in [1.807, 2.05) is 0 Å². The summed E-state index contributed by atoms with van der Waals surface area (Å²) < 4.78 is 42.6. The number of aromatic nitrogens is 2. The first-order valence-electron chi connectivity index (χ1n) is 10.1. The molecular formula is C20H26N4O7S. The maximum atomic E-state index is 12.9. The lowest BCUT2D eigenvalue weighted by atomic mass is 10.0. The first kappa shape index (κ1) is 23.8. The number of sulfonamides is 1. The molecule has 174 valence electrons. The second kappa shape index (κ2) is 10.2. The largest absolute Gasteiger partial charge is 0.454 e. The topological polar surface area (TPSA) is 141 Å². The number of benzene rings is 1. The van der Waals surface area contributed by atoms with Crippen LogP contribution in [0.15, 0.2) is 33.6 Å². The summed E-state index contributed by atoms with van der Waals surface area (Å²) in [6, 6.07) is 4.75. The van der Waals surface area contributed by atoms with E-state index in [1.54, 1.807) is 20.8 Å². The Labute approximate surface area is 186 Å². The zero-order chi connectivity index (χ0) is 23.3. The molecule has 1 aliphatic rings. The minimum Gasteiger partial charge on any atom is -0.454 e. The van der Waals surface area contributed by atoms with E-state index >= 15 is 0 Å². The van der Waals surface area contributed by atoms with Gasteiger partial charge in [0.1, 0.15) is 6.04 Å². The normalized spacial score (nSPS) is 16.0. The molecule has 3 rings (SSSR count). The Bertz CT molecular complexity index is 1060. The zero-order valence-electron chi connectivity index (χ0n) is 18.1. The van der Waals surface area contributed by atoms with Gasteiger partial charge in [0, 0.05) is 25.6 Å². The van der Waals surface area contributed by atoms with Crippen molar-refractivity contribution < 1.29 is 31.9 Å². The summed E-state index contributed by atoms with van der Waals surface area (Å²) in [6.07, 6.45) is 0. The minimum absolute atomic E-state index is 0.00230. The lowest BCUT2D eigenvalue weighted by Gasteiger charge is -2.26. The maximum absolute atomic E-state index is 12.9. The Morgan fingerprint density at radius 1 is 1.22 bits per heavy atom. The number of amides is 1. The molecule has 11 nitrogen and oxygen atoms in total. The van der Waals surface area contributed by atoms with Gasteiger partial charge in [-0.1, -0.05) is 19.9 Å². The molecule has 1 aromatic heterocycles. The third-order valence-corrected chi connectivity index (χ3v) is 6.71. The monoisotopic (exact) mass is 466 g/mol. The second-order valence-corrected chi connectivity index (χ2v) is 9.50. The summed E-state index contributed by atoms with van der Waals surface area (Å²) >= 11 is 0. The van der Waals surface area contributed by atoms with Crippen molar-refractivity contribution in [3.8, 4) is 0 Å². The summed E-state index contributed by atoms with van der Waals surface area (Å²) in [6.45, 7) is 6.04. The first-order chi connectivity index (χ1) is 15.2. The molecule has 12 heteroatoms. The highest BCUT2D eigenvalue weighted by molar-refractivity contribution is 7.89. The summed E-state index contributed by atoms with van der Waals surface area (Å²) in [4.78, 5) is 25.3. The number of nitrogens with zero attached hydrogens (tertiary/aromatic N) is 3. The molecule has 1 saturated heterocycles.